The van der Waals surface area contributed by atoms with Crippen molar-refractivity contribution in [2.45, 2.75) is 18.4 Å². The van der Waals surface area contributed by atoms with E-state index in [9.17, 15) is 8.42 Å². The molecule has 0 amide bonds. The molecule has 6 heteroatoms. The van der Waals surface area contributed by atoms with Crippen LogP contribution in [0.5, 0.6) is 0 Å². The highest BCUT2D eigenvalue weighted by Crippen LogP contribution is 2.14. The SMILES string of the molecule is Cc1cc(CNc2ccc(S(C)(=O)=O)cc2)n(C)n1. The summed E-state index contributed by atoms with van der Waals surface area (Å²) < 4.78 is 24.5. The number of aromatic nitrogens is 2. The lowest BCUT2D eigenvalue weighted by Crippen LogP contribution is -2.05. The van der Waals surface area contributed by atoms with E-state index in [1.807, 2.05) is 24.7 Å². The van der Waals surface area contributed by atoms with Gasteiger partial charge in [0.25, 0.3) is 0 Å². The van der Waals surface area contributed by atoms with Gasteiger partial charge < -0.3 is 5.32 Å². The molecule has 0 aliphatic rings. The fourth-order valence-corrected chi connectivity index (χ4v) is 2.47. The number of anilines is 1. The van der Waals surface area contributed by atoms with Crippen LogP contribution in [0.4, 0.5) is 5.69 Å². The van der Waals surface area contributed by atoms with Crippen molar-refractivity contribution in [2.24, 2.45) is 7.05 Å². The van der Waals surface area contributed by atoms with E-state index in [4.69, 9.17) is 0 Å². The average molecular weight is 279 g/mol. The summed E-state index contributed by atoms with van der Waals surface area (Å²) in [6.07, 6.45) is 1.20. The van der Waals surface area contributed by atoms with Gasteiger partial charge in [0.1, 0.15) is 0 Å². The molecule has 1 aromatic carbocycles. The minimum Gasteiger partial charge on any atom is -0.379 e. The van der Waals surface area contributed by atoms with Crippen molar-refractivity contribution in [3.05, 3.63) is 41.7 Å². The molecule has 102 valence electrons. The number of aryl methyl sites for hydroxylation is 2. The summed E-state index contributed by atoms with van der Waals surface area (Å²) in [7, 11) is -1.23. The zero-order valence-corrected chi connectivity index (χ0v) is 12.0. The molecule has 0 aliphatic heterocycles. The quantitative estimate of drug-likeness (QED) is 0.926. The maximum Gasteiger partial charge on any atom is 0.175 e. The van der Waals surface area contributed by atoms with Crippen molar-refractivity contribution in [2.75, 3.05) is 11.6 Å². The minimum atomic E-state index is -3.13. The number of hydrogen-bond acceptors (Lipinski definition) is 4. The molecule has 1 aromatic heterocycles. The van der Waals surface area contributed by atoms with Gasteiger partial charge in [0, 0.05) is 19.0 Å². The highest BCUT2D eigenvalue weighted by Gasteiger charge is 2.06. The Kier molecular flexibility index (Phi) is 3.61. The second-order valence-corrected chi connectivity index (χ2v) is 6.57. The smallest absolute Gasteiger partial charge is 0.175 e. The largest absolute Gasteiger partial charge is 0.379 e. The number of sulfone groups is 1. The predicted octanol–water partition coefficient (Wildman–Crippen LogP) is 1.74. The molecular formula is C13H17N3O2S. The van der Waals surface area contributed by atoms with Gasteiger partial charge in [-0.05, 0) is 37.3 Å². The number of nitrogens with zero attached hydrogens (tertiary/aromatic N) is 2. The molecule has 19 heavy (non-hydrogen) atoms. The maximum absolute atomic E-state index is 11.3. The van der Waals surface area contributed by atoms with Gasteiger partial charge in [-0.3, -0.25) is 4.68 Å². The zero-order valence-electron chi connectivity index (χ0n) is 11.2. The van der Waals surface area contributed by atoms with Crippen molar-refractivity contribution >= 4 is 15.5 Å². The van der Waals surface area contributed by atoms with Gasteiger partial charge in [-0.1, -0.05) is 0 Å². The van der Waals surface area contributed by atoms with E-state index < -0.39 is 9.84 Å². The normalized spacial score (nSPS) is 11.5. The molecule has 0 saturated heterocycles. The number of nitrogens with one attached hydrogen (secondary N) is 1. The van der Waals surface area contributed by atoms with Crippen LogP contribution in [-0.4, -0.2) is 24.5 Å². The molecule has 2 rings (SSSR count). The highest BCUT2D eigenvalue weighted by molar-refractivity contribution is 7.90. The van der Waals surface area contributed by atoms with Gasteiger partial charge >= 0.3 is 0 Å². The molecule has 0 fully saturated rings. The summed E-state index contributed by atoms with van der Waals surface area (Å²) in [6.45, 7) is 2.60. The standard InChI is InChI=1S/C13H17N3O2S/c1-10-8-12(16(2)15-10)9-14-11-4-6-13(7-5-11)19(3,17)18/h4-8,14H,9H2,1-3H3. The first-order valence-electron chi connectivity index (χ1n) is 5.90. The van der Waals surface area contributed by atoms with E-state index in [0.717, 1.165) is 17.1 Å². The molecule has 0 atom stereocenters. The number of hydrogen-bond donors (Lipinski definition) is 1. The molecule has 0 bridgehead atoms. The van der Waals surface area contributed by atoms with E-state index in [-0.39, 0.29) is 0 Å². The molecule has 1 heterocycles. The van der Waals surface area contributed by atoms with Gasteiger partial charge in [0.2, 0.25) is 0 Å². The van der Waals surface area contributed by atoms with E-state index >= 15 is 0 Å². The Bertz CT molecular complexity index is 672. The summed E-state index contributed by atoms with van der Waals surface area (Å²) in [5.74, 6) is 0. The maximum atomic E-state index is 11.3. The van der Waals surface area contributed by atoms with Crippen molar-refractivity contribution < 1.29 is 8.42 Å². The predicted molar refractivity (Wildman–Crippen MR) is 74.8 cm³/mol. The average Bonchev–Trinajstić information content (AvgIpc) is 2.65. The van der Waals surface area contributed by atoms with E-state index in [1.165, 1.54) is 6.26 Å². The molecule has 0 spiro atoms. The van der Waals surface area contributed by atoms with Crippen LogP contribution in [0, 0.1) is 6.92 Å². The van der Waals surface area contributed by atoms with Crippen LogP contribution in [0.1, 0.15) is 11.4 Å². The molecule has 0 radical (unpaired) electrons. The topological polar surface area (TPSA) is 64.0 Å². The van der Waals surface area contributed by atoms with Gasteiger partial charge in [-0.2, -0.15) is 5.10 Å². The van der Waals surface area contributed by atoms with Crippen LogP contribution in [0.2, 0.25) is 0 Å². The third-order valence-corrected chi connectivity index (χ3v) is 3.98. The Hall–Kier alpha value is -1.82. The lowest BCUT2D eigenvalue weighted by molar-refractivity contribution is 0.602. The number of rotatable bonds is 4. The molecule has 2 aromatic rings. The first-order valence-corrected chi connectivity index (χ1v) is 7.79. The summed E-state index contributed by atoms with van der Waals surface area (Å²) in [6, 6.07) is 8.75. The monoisotopic (exact) mass is 279 g/mol. The van der Waals surface area contributed by atoms with Crippen LogP contribution in [0.15, 0.2) is 35.2 Å². The fourth-order valence-electron chi connectivity index (χ4n) is 1.84. The summed E-state index contributed by atoms with van der Waals surface area (Å²) in [5.41, 5.74) is 2.93. The fraction of sp³-hybridized carbons (Fsp3) is 0.308. The van der Waals surface area contributed by atoms with Crippen LogP contribution in [0.3, 0.4) is 0 Å². The summed E-state index contributed by atoms with van der Waals surface area (Å²) >= 11 is 0. The molecule has 1 N–H and O–H groups in total. The van der Waals surface area contributed by atoms with E-state index in [1.54, 1.807) is 24.3 Å². The summed E-state index contributed by atoms with van der Waals surface area (Å²) in [4.78, 5) is 0.328. The first kappa shape index (κ1) is 13.6. The Balaban J connectivity index is 2.07. The lowest BCUT2D eigenvalue weighted by atomic mass is 10.3. The summed E-state index contributed by atoms with van der Waals surface area (Å²) in [5, 5.41) is 7.51. The third-order valence-electron chi connectivity index (χ3n) is 2.85. The van der Waals surface area contributed by atoms with Gasteiger partial charge in [-0.25, -0.2) is 8.42 Å². The second kappa shape index (κ2) is 5.05. The number of benzene rings is 1. The Labute approximate surface area is 113 Å². The lowest BCUT2D eigenvalue weighted by Gasteiger charge is -2.07. The van der Waals surface area contributed by atoms with Crippen LogP contribution < -0.4 is 5.32 Å². The van der Waals surface area contributed by atoms with Gasteiger partial charge in [0.15, 0.2) is 9.84 Å². The molecular weight excluding hydrogens is 262 g/mol. The second-order valence-electron chi connectivity index (χ2n) is 4.55. The van der Waals surface area contributed by atoms with Crippen molar-refractivity contribution in [3.8, 4) is 0 Å². The zero-order chi connectivity index (χ0) is 14.0. The van der Waals surface area contributed by atoms with Crippen molar-refractivity contribution in [1.82, 2.24) is 9.78 Å². The third kappa shape index (κ3) is 3.35. The van der Waals surface area contributed by atoms with Crippen molar-refractivity contribution in [3.63, 3.8) is 0 Å². The van der Waals surface area contributed by atoms with E-state index in [0.29, 0.717) is 11.4 Å². The Morgan fingerprint density at radius 1 is 1.26 bits per heavy atom. The first-order chi connectivity index (χ1) is 8.86. The molecule has 5 nitrogen and oxygen atoms in total. The Morgan fingerprint density at radius 2 is 1.89 bits per heavy atom. The molecule has 0 unspecified atom stereocenters. The van der Waals surface area contributed by atoms with E-state index in [2.05, 4.69) is 10.4 Å². The minimum absolute atomic E-state index is 0.328. The van der Waals surface area contributed by atoms with Crippen molar-refractivity contribution in [1.29, 1.82) is 0 Å². The van der Waals surface area contributed by atoms with Gasteiger partial charge in [-0.15, -0.1) is 0 Å². The molecule has 0 aliphatic carbocycles. The van der Waals surface area contributed by atoms with Crippen LogP contribution in [-0.2, 0) is 23.4 Å². The highest BCUT2D eigenvalue weighted by atomic mass is 32.2. The van der Waals surface area contributed by atoms with Gasteiger partial charge in [0.05, 0.1) is 22.8 Å². The van der Waals surface area contributed by atoms with Crippen LogP contribution >= 0.6 is 0 Å². The Morgan fingerprint density at radius 3 is 2.37 bits per heavy atom. The molecule has 0 saturated carbocycles. The van der Waals surface area contributed by atoms with Crippen LogP contribution in [0.25, 0.3) is 0 Å².